The minimum absolute atomic E-state index is 0.000967. The summed E-state index contributed by atoms with van der Waals surface area (Å²) in [5, 5.41) is 19.7. The number of nitriles is 1. The molecule has 2 aliphatic carbocycles. The molecule has 1 saturated heterocycles. The van der Waals surface area contributed by atoms with E-state index in [2.05, 4.69) is 16.0 Å². The number of hydrogen-bond acceptors (Lipinski definition) is 7. The first-order valence-corrected chi connectivity index (χ1v) is 11.8. The number of nitrogens with zero attached hydrogens (tertiary/aromatic N) is 5. The molecule has 1 aliphatic heterocycles. The van der Waals surface area contributed by atoms with E-state index in [0.717, 1.165) is 31.4 Å². The zero-order chi connectivity index (χ0) is 22.9. The zero-order valence-corrected chi connectivity index (χ0v) is 19.0. The molecule has 2 aromatic heterocycles. The highest BCUT2D eigenvalue weighted by Crippen LogP contribution is 2.46. The van der Waals surface area contributed by atoms with Crippen LogP contribution >= 0.6 is 11.6 Å². The monoisotopic (exact) mass is 467 g/mol. The number of anilines is 1. The minimum atomic E-state index is -0.135. The highest BCUT2D eigenvalue weighted by Gasteiger charge is 2.41. The van der Waals surface area contributed by atoms with E-state index in [0.29, 0.717) is 59.5 Å². The van der Waals surface area contributed by atoms with E-state index in [1.807, 2.05) is 4.90 Å². The number of halogens is 1. The fourth-order valence-electron chi connectivity index (χ4n) is 4.54. The molecule has 5 rings (SSSR count). The lowest BCUT2D eigenvalue weighted by Crippen LogP contribution is -2.56. The van der Waals surface area contributed by atoms with E-state index < -0.39 is 0 Å². The Bertz CT molecular complexity index is 1100. The average molecular weight is 468 g/mol. The van der Waals surface area contributed by atoms with Crippen molar-refractivity contribution in [2.45, 2.75) is 44.1 Å². The highest BCUT2D eigenvalue weighted by atomic mass is 35.5. The molecule has 3 heterocycles. The number of pyridine rings is 2. The lowest BCUT2D eigenvalue weighted by atomic mass is 10.0. The van der Waals surface area contributed by atoms with Crippen LogP contribution in [0.2, 0.25) is 5.02 Å². The summed E-state index contributed by atoms with van der Waals surface area (Å²) >= 11 is 6.07. The molecule has 172 valence electrons. The maximum absolute atomic E-state index is 12.5. The van der Waals surface area contributed by atoms with Crippen LogP contribution in [0.25, 0.3) is 0 Å². The summed E-state index contributed by atoms with van der Waals surface area (Å²) in [6.45, 7) is 1.67. The number of piperazine rings is 1. The molecule has 1 N–H and O–H groups in total. The van der Waals surface area contributed by atoms with Gasteiger partial charge >= 0.3 is 0 Å². The van der Waals surface area contributed by atoms with Crippen molar-refractivity contribution in [2.75, 3.05) is 31.1 Å². The Morgan fingerprint density at radius 2 is 2.09 bits per heavy atom. The largest absolute Gasteiger partial charge is 0.437 e. The van der Waals surface area contributed by atoms with Gasteiger partial charge in [-0.3, -0.25) is 4.79 Å². The van der Waals surface area contributed by atoms with Gasteiger partial charge in [0.25, 0.3) is 0 Å². The van der Waals surface area contributed by atoms with Crippen molar-refractivity contribution in [1.82, 2.24) is 14.9 Å². The lowest BCUT2D eigenvalue weighted by molar-refractivity contribution is -0.135. The number of rotatable bonds is 7. The molecule has 0 bridgehead atoms. The summed E-state index contributed by atoms with van der Waals surface area (Å²) in [7, 11) is 0. The first-order valence-electron chi connectivity index (χ1n) is 11.5. The summed E-state index contributed by atoms with van der Waals surface area (Å²) in [4.78, 5) is 25.8. The van der Waals surface area contributed by atoms with E-state index >= 15 is 0 Å². The van der Waals surface area contributed by atoms with Gasteiger partial charge in [0, 0.05) is 55.3 Å². The first kappa shape index (κ1) is 21.9. The summed E-state index contributed by atoms with van der Waals surface area (Å²) in [5.74, 6) is 2.35. The van der Waals surface area contributed by atoms with Crippen molar-refractivity contribution in [1.29, 1.82) is 5.26 Å². The predicted octanol–water partition coefficient (Wildman–Crippen LogP) is 3.48. The molecular formula is C24H26ClN5O3. The van der Waals surface area contributed by atoms with Crippen LogP contribution in [-0.2, 0) is 4.79 Å². The second-order valence-corrected chi connectivity index (χ2v) is 9.39. The van der Waals surface area contributed by atoms with Gasteiger partial charge in [0.1, 0.15) is 11.9 Å². The molecular weight excluding hydrogens is 442 g/mol. The maximum Gasteiger partial charge on any atom is 0.225 e. The van der Waals surface area contributed by atoms with Crippen molar-refractivity contribution < 1.29 is 14.6 Å². The zero-order valence-electron chi connectivity index (χ0n) is 18.3. The van der Waals surface area contributed by atoms with Crippen LogP contribution in [-0.4, -0.2) is 58.2 Å². The SMILES string of the molecule is N#Cc1cc(Oc2cc(Cl)ccn2)c(C2CC2)nc1N1CCN(C(=O)CCO)[C@H](C2CC2)C1. The standard InChI is InChI=1S/C24H26ClN5O3/c25-18-5-7-27-21(12-18)33-20-11-17(13-26)24(28-23(20)16-3-4-16)29-8-9-30(22(32)6-10-31)19(14-29)15-1-2-15/h5,7,11-12,15-16,19,31H,1-4,6,8-10,14H2/t19-/m0/s1. The number of ether oxygens (including phenoxy) is 1. The molecule has 0 unspecified atom stereocenters. The molecule has 3 aliphatic rings. The first-order chi connectivity index (χ1) is 16.1. The summed E-state index contributed by atoms with van der Waals surface area (Å²) in [6, 6.07) is 7.45. The average Bonchev–Trinajstić information content (AvgIpc) is 3.71. The van der Waals surface area contributed by atoms with E-state index in [-0.39, 0.29) is 25.0 Å². The number of amides is 1. The molecule has 2 saturated carbocycles. The molecule has 0 spiro atoms. The molecule has 33 heavy (non-hydrogen) atoms. The molecule has 1 atom stereocenters. The van der Waals surface area contributed by atoms with Crippen molar-refractivity contribution in [3.63, 3.8) is 0 Å². The normalized spacial score (nSPS) is 20.5. The van der Waals surface area contributed by atoms with Crippen LogP contribution in [0.3, 0.4) is 0 Å². The Labute approximate surface area is 197 Å². The molecule has 0 radical (unpaired) electrons. The van der Waals surface area contributed by atoms with Gasteiger partial charge in [-0.2, -0.15) is 5.26 Å². The highest BCUT2D eigenvalue weighted by molar-refractivity contribution is 6.30. The third kappa shape index (κ3) is 4.75. The Kier molecular flexibility index (Phi) is 6.09. The summed E-state index contributed by atoms with van der Waals surface area (Å²) in [5.41, 5.74) is 1.29. The second kappa shape index (κ2) is 9.16. The van der Waals surface area contributed by atoms with Crippen LogP contribution in [0.15, 0.2) is 24.4 Å². The molecule has 9 heteroatoms. The molecule has 8 nitrogen and oxygen atoms in total. The second-order valence-electron chi connectivity index (χ2n) is 8.95. The summed E-state index contributed by atoms with van der Waals surface area (Å²) < 4.78 is 6.02. The van der Waals surface area contributed by atoms with Crippen LogP contribution < -0.4 is 9.64 Å². The van der Waals surface area contributed by atoms with Gasteiger partial charge in [-0.1, -0.05) is 11.6 Å². The topological polar surface area (TPSA) is 103 Å². The molecule has 2 aromatic rings. The van der Waals surface area contributed by atoms with Gasteiger partial charge in [-0.15, -0.1) is 0 Å². The smallest absolute Gasteiger partial charge is 0.225 e. The Hall–Kier alpha value is -2.89. The fraction of sp³-hybridized carbons (Fsp3) is 0.500. The molecule has 3 fully saturated rings. The van der Waals surface area contributed by atoms with Crippen molar-refractivity contribution >= 4 is 23.3 Å². The maximum atomic E-state index is 12.5. The number of carbonyl (C=O) groups excluding carboxylic acids is 1. The fourth-order valence-corrected chi connectivity index (χ4v) is 4.69. The number of hydrogen-bond donors (Lipinski definition) is 1. The van der Waals surface area contributed by atoms with Gasteiger partial charge in [0.2, 0.25) is 11.8 Å². The predicted molar refractivity (Wildman–Crippen MR) is 122 cm³/mol. The van der Waals surface area contributed by atoms with E-state index in [9.17, 15) is 15.2 Å². The van der Waals surface area contributed by atoms with Crippen molar-refractivity contribution in [3.05, 3.63) is 40.7 Å². The Balaban J connectivity index is 1.44. The number of aliphatic hydroxyl groups is 1. The summed E-state index contributed by atoms with van der Waals surface area (Å²) in [6.07, 6.45) is 6.01. The van der Waals surface area contributed by atoms with Crippen LogP contribution in [0.5, 0.6) is 11.6 Å². The van der Waals surface area contributed by atoms with Crippen LogP contribution in [0.1, 0.15) is 49.3 Å². The van der Waals surface area contributed by atoms with E-state index in [4.69, 9.17) is 21.3 Å². The number of carbonyl (C=O) groups is 1. The van der Waals surface area contributed by atoms with Gasteiger partial charge < -0.3 is 19.6 Å². The lowest BCUT2D eigenvalue weighted by Gasteiger charge is -2.42. The number of aliphatic hydroxyl groups excluding tert-OH is 1. The number of aromatic nitrogens is 2. The van der Waals surface area contributed by atoms with Gasteiger partial charge in [0.05, 0.1) is 23.9 Å². The van der Waals surface area contributed by atoms with Gasteiger partial charge in [-0.05, 0) is 37.7 Å². The molecule has 1 amide bonds. The Morgan fingerprint density at radius 3 is 2.76 bits per heavy atom. The van der Waals surface area contributed by atoms with E-state index in [1.165, 1.54) is 0 Å². The quantitative estimate of drug-likeness (QED) is 0.664. The third-order valence-corrected chi connectivity index (χ3v) is 6.76. The third-order valence-electron chi connectivity index (χ3n) is 6.52. The molecule has 0 aromatic carbocycles. The minimum Gasteiger partial charge on any atom is -0.437 e. The van der Waals surface area contributed by atoms with Gasteiger partial charge in [-0.25, -0.2) is 9.97 Å². The van der Waals surface area contributed by atoms with Crippen LogP contribution in [0, 0.1) is 17.2 Å². The van der Waals surface area contributed by atoms with Gasteiger partial charge in [0.15, 0.2) is 5.75 Å². The van der Waals surface area contributed by atoms with E-state index in [1.54, 1.807) is 24.4 Å². The van der Waals surface area contributed by atoms with Crippen molar-refractivity contribution in [3.8, 4) is 17.7 Å². The van der Waals surface area contributed by atoms with Crippen LogP contribution in [0.4, 0.5) is 5.82 Å². The Morgan fingerprint density at radius 1 is 1.27 bits per heavy atom. The van der Waals surface area contributed by atoms with Crippen molar-refractivity contribution in [2.24, 2.45) is 5.92 Å².